The van der Waals surface area contributed by atoms with Crippen molar-refractivity contribution in [2.75, 3.05) is 43.0 Å². The van der Waals surface area contributed by atoms with E-state index in [-0.39, 0.29) is 12.4 Å². The summed E-state index contributed by atoms with van der Waals surface area (Å²) in [6.45, 7) is 5.13. The lowest BCUT2D eigenvalue weighted by molar-refractivity contribution is 0.533. The first-order valence-electron chi connectivity index (χ1n) is 9.38. The Bertz CT molecular complexity index is 700. The molecule has 5 nitrogen and oxygen atoms in total. The van der Waals surface area contributed by atoms with Crippen LogP contribution in [0, 0.1) is 0 Å². The molecule has 1 aromatic carbocycles. The highest BCUT2D eigenvalue weighted by Gasteiger charge is 2.22. The number of hydrogen-bond acceptors (Lipinski definition) is 5. The van der Waals surface area contributed by atoms with E-state index in [1.54, 1.807) is 0 Å². The molecular weight excluding hydrogens is 346 g/mol. The Hall–Kier alpha value is -1.85. The van der Waals surface area contributed by atoms with Gasteiger partial charge >= 0.3 is 0 Å². The summed E-state index contributed by atoms with van der Waals surface area (Å²) in [5.41, 5.74) is 3.99. The number of anilines is 2. The van der Waals surface area contributed by atoms with Crippen LogP contribution < -0.4 is 15.1 Å². The van der Waals surface area contributed by atoms with E-state index >= 15 is 0 Å². The van der Waals surface area contributed by atoms with Crippen molar-refractivity contribution < 1.29 is 0 Å². The molecule has 0 bridgehead atoms. The summed E-state index contributed by atoms with van der Waals surface area (Å²) < 4.78 is 0. The van der Waals surface area contributed by atoms with Crippen LogP contribution in [0.4, 0.5) is 11.6 Å². The van der Waals surface area contributed by atoms with Gasteiger partial charge in [0.25, 0.3) is 0 Å². The fourth-order valence-electron chi connectivity index (χ4n) is 3.93. The molecule has 6 heteroatoms. The molecule has 26 heavy (non-hydrogen) atoms. The third kappa shape index (κ3) is 4.10. The van der Waals surface area contributed by atoms with Gasteiger partial charge in [-0.05, 0) is 30.9 Å². The number of aromatic nitrogens is 2. The molecule has 2 aliphatic rings. The minimum atomic E-state index is 0. The van der Waals surface area contributed by atoms with E-state index < -0.39 is 0 Å². The van der Waals surface area contributed by atoms with Crippen LogP contribution in [0.25, 0.3) is 0 Å². The molecule has 0 saturated carbocycles. The van der Waals surface area contributed by atoms with Gasteiger partial charge in [0.2, 0.25) is 5.95 Å². The maximum atomic E-state index is 4.54. The second-order valence-corrected chi connectivity index (χ2v) is 7.18. The average molecular weight is 374 g/mol. The highest BCUT2D eigenvalue weighted by Crippen LogP contribution is 2.33. The Morgan fingerprint density at radius 1 is 1.08 bits per heavy atom. The van der Waals surface area contributed by atoms with Crippen LogP contribution in [0.2, 0.25) is 0 Å². The van der Waals surface area contributed by atoms with Gasteiger partial charge in [-0.1, -0.05) is 18.2 Å². The lowest BCUT2D eigenvalue weighted by Crippen LogP contribution is -2.31. The second-order valence-electron chi connectivity index (χ2n) is 7.18. The fraction of sp³-hybridized carbons (Fsp3) is 0.500. The summed E-state index contributed by atoms with van der Waals surface area (Å²) >= 11 is 0. The van der Waals surface area contributed by atoms with Crippen LogP contribution in [-0.4, -0.2) is 43.2 Å². The second kappa shape index (κ2) is 8.69. The molecule has 2 aliphatic heterocycles. The van der Waals surface area contributed by atoms with Gasteiger partial charge in [-0.15, -0.1) is 12.4 Å². The molecule has 2 aromatic rings. The van der Waals surface area contributed by atoms with Crippen LogP contribution in [0.3, 0.4) is 0 Å². The highest BCUT2D eigenvalue weighted by molar-refractivity contribution is 5.85. The van der Waals surface area contributed by atoms with Gasteiger partial charge in [0.05, 0.1) is 0 Å². The van der Waals surface area contributed by atoms with E-state index in [9.17, 15) is 0 Å². The molecule has 1 N–H and O–H groups in total. The van der Waals surface area contributed by atoms with Gasteiger partial charge in [-0.3, -0.25) is 0 Å². The Kier molecular flexibility index (Phi) is 6.33. The van der Waals surface area contributed by atoms with Crippen molar-refractivity contribution in [1.82, 2.24) is 15.3 Å². The van der Waals surface area contributed by atoms with Crippen LogP contribution in [-0.2, 0) is 6.54 Å². The van der Waals surface area contributed by atoms with Crippen molar-refractivity contribution in [3.8, 4) is 0 Å². The van der Waals surface area contributed by atoms with Crippen molar-refractivity contribution in [2.45, 2.75) is 31.7 Å². The minimum Gasteiger partial charge on any atom is -0.374 e. The summed E-state index contributed by atoms with van der Waals surface area (Å²) in [7, 11) is 2.18. The quantitative estimate of drug-likeness (QED) is 0.871. The topological polar surface area (TPSA) is 44.3 Å². The molecule has 0 spiro atoms. The van der Waals surface area contributed by atoms with E-state index in [0.717, 1.165) is 44.2 Å². The van der Waals surface area contributed by atoms with Gasteiger partial charge in [0.1, 0.15) is 0 Å². The summed E-state index contributed by atoms with van der Waals surface area (Å²) in [5.74, 6) is 1.46. The van der Waals surface area contributed by atoms with Crippen molar-refractivity contribution in [3.05, 3.63) is 47.8 Å². The van der Waals surface area contributed by atoms with Crippen molar-refractivity contribution in [3.63, 3.8) is 0 Å². The molecule has 3 heterocycles. The molecule has 0 aliphatic carbocycles. The zero-order valence-electron chi connectivity index (χ0n) is 15.4. The number of nitrogens with one attached hydrogen (secondary N) is 1. The summed E-state index contributed by atoms with van der Waals surface area (Å²) in [6.07, 6.45) is 7.65. The largest absolute Gasteiger partial charge is 0.374 e. The molecule has 1 unspecified atom stereocenters. The minimum absolute atomic E-state index is 0. The molecule has 1 aromatic heterocycles. The lowest BCUT2D eigenvalue weighted by Gasteiger charge is -2.33. The molecule has 1 saturated heterocycles. The number of para-hydroxylation sites is 1. The van der Waals surface area contributed by atoms with E-state index in [2.05, 4.69) is 56.4 Å². The molecular formula is C20H28ClN5. The van der Waals surface area contributed by atoms with Gasteiger partial charge in [-0.2, -0.15) is 0 Å². The number of halogens is 1. The molecule has 1 fully saturated rings. The maximum Gasteiger partial charge on any atom is 0.225 e. The number of fused-ring (bicyclic) bond motifs is 1. The van der Waals surface area contributed by atoms with Gasteiger partial charge < -0.3 is 15.1 Å². The van der Waals surface area contributed by atoms with Crippen LogP contribution >= 0.6 is 12.4 Å². The SMILES string of the molecule is CN1CCC(CNCc2cnc(N3CCCC3)nc2)c2ccccc21.Cl. The predicted octanol–water partition coefficient (Wildman–Crippen LogP) is 3.21. The summed E-state index contributed by atoms with van der Waals surface area (Å²) in [5, 5.41) is 3.60. The first-order valence-corrected chi connectivity index (χ1v) is 9.38. The van der Waals surface area contributed by atoms with Gasteiger partial charge in [-0.25, -0.2) is 9.97 Å². The number of hydrogen-bond donors (Lipinski definition) is 1. The number of rotatable bonds is 5. The molecule has 0 radical (unpaired) electrons. The standard InChI is InChI=1S/C20H27N5.ClH/c1-24-11-8-17(18-6-2-3-7-19(18)24)15-21-12-16-13-22-20(23-14-16)25-9-4-5-10-25;/h2-3,6-7,13-14,17,21H,4-5,8-12,15H2,1H3;1H. The normalized spacial score (nSPS) is 19.2. The first-order chi connectivity index (χ1) is 12.3. The fourth-order valence-corrected chi connectivity index (χ4v) is 3.93. The molecule has 140 valence electrons. The van der Waals surface area contributed by atoms with Crippen LogP contribution in [0.1, 0.15) is 36.3 Å². The zero-order valence-corrected chi connectivity index (χ0v) is 16.2. The third-order valence-electron chi connectivity index (χ3n) is 5.40. The molecule has 1 atom stereocenters. The Morgan fingerprint density at radius 2 is 1.81 bits per heavy atom. The Balaban J connectivity index is 0.00000196. The summed E-state index contributed by atoms with van der Waals surface area (Å²) in [4.78, 5) is 13.7. The predicted molar refractivity (Wildman–Crippen MR) is 110 cm³/mol. The third-order valence-corrected chi connectivity index (χ3v) is 5.40. The highest BCUT2D eigenvalue weighted by atomic mass is 35.5. The number of nitrogens with zero attached hydrogens (tertiary/aromatic N) is 4. The van der Waals surface area contributed by atoms with Crippen LogP contribution in [0.15, 0.2) is 36.7 Å². The van der Waals surface area contributed by atoms with Crippen molar-refractivity contribution >= 4 is 24.0 Å². The van der Waals surface area contributed by atoms with E-state index in [1.165, 1.54) is 30.5 Å². The zero-order chi connectivity index (χ0) is 17.1. The van der Waals surface area contributed by atoms with Gasteiger partial charge in [0.15, 0.2) is 0 Å². The van der Waals surface area contributed by atoms with Crippen molar-refractivity contribution in [1.29, 1.82) is 0 Å². The molecule has 0 amide bonds. The Morgan fingerprint density at radius 3 is 2.58 bits per heavy atom. The average Bonchev–Trinajstić information content (AvgIpc) is 3.19. The van der Waals surface area contributed by atoms with E-state index in [0.29, 0.717) is 5.92 Å². The van der Waals surface area contributed by atoms with Gasteiger partial charge in [0, 0.05) is 69.3 Å². The summed E-state index contributed by atoms with van der Waals surface area (Å²) in [6, 6.07) is 8.78. The first kappa shape index (κ1) is 18.9. The van der Waals surface area contributed by atoms with Crippen molar-refractivity contribution in [2.24, 2.45) is 0 Å². The smallest absolute Gasteiger partial charge is 0.225 e. The van der Waals surface area contributed by atoms with E-state index in [1.807, 2.05) is 12.4 Å². The monoisotopic (exact) mass is 373 g/mol. The van der Waals surface area contributed by atoms with Crippen LogP contribution in [0.5, 0.6) is 0 Å². The van der Waals surface area contributed by atoms with E-state index in [4.69, 9.17) is 0 Å². The Labute approximate surface area is 162 Å². The maximum absolute atomic E-state index is 4.54. The molecule has 4 rings (SSSR count). The number of benzene rings is 1. The lowest BCUT2D eigenvalue weighted by atomic mass is 9.90.